The molecular formula is C15H19BrO5. The summed E-state index contributed by atoms with van der Waals surface area (Å²) in [6.07, 6.45) is 3.76. The Balaban J connectivity index is 2.38. The molecule has 0 aliphatic heterocycles. The van der Waals surface area contributed by atoms with Crippen LogP contribution in [0.3, 0.4) is 0 Å². The Bertz CT molecular complexity index is 523. The van der Waals surface area contributed by atoms with Crippen LogP contribution in [0.4, 0.5) is 0 Å². The molecule has 0 atom stereocenters. The molecule has 0 saturated heterocycles. The van der Waals surface area contributed by atoms with Gasteiger partial charge in [-0.1, -0.05) is 6.42 Å². The van der Waals surface area contributed by atoms with Crippen LogP contribution in [0.5, 0.6) is 17.2 Å². The number of aliphatic carboxylic acids is 1. The molecule has 1 N–H and O–H groups in total. The van der Waals surface area contributed by atoms with Gasteiger partial charge in [0.15, 0.2) is 0 Å². The Hall–Kier alpha value is -1.43. The molecule has 6 heteroatoms. The Morgan fingerprint density at radius 3 is 2.29 bits per heavy atom. The number of ether oxygens (including phenoxy) is 3. The van der Waals surface area contributed by atoms with Crippen molar-refractivity contribution in [1.29, 1.82) is 0 Å². The van der Waals surface area contributed by atoms with Gasteiger partial charge in [-0.2, -0.15) is 0 Å². The van der Waals surface area contributed by atoms with Crippen LogP contribution in [0.2, 0.25) is 0 Å². The molecule has 1 fully saturated rings. The van der Waals surface area contributed by atoms with Crippen molar-refractivity contribution in [1.82, 2.24) is 0 Å². The average Bonchev–Trinajstić information content (AvgIpc) is 2.50. The zero-order chi connectivity index (χ0) is 15.5. The molecule has 0 amide bonds. The maximum atomic E-state index is 11.7. The van der Waals surface area contributed by atoms with Gasteiger partial charge in [0.05, 0.1) is 14.2 Å². The Kier molecular flexibility index (Phi) is 4.98. The summed E-state index contributed by atoms with van der Waals surface area (Å²) in [4.78, 5) is 11.7. The van der Waals surface area contributed by atoms with Gasteiger partial charge in [-0.25, -0.2) is 4.79 Å². The third-order valence-corrected chi connectivity index (χ3v) is 4.57. The summed E-state index contributed by atoms with van der Waals surface area (Å²) in [5.41, 5.74) is -1.17. The van der Waals surface area contributed by atoms with Crippen LogP contribution in [0.1, 0.15) is 32.1 Å². The van der Waals surface area contributed by atoms with Gasteiger partial charge in [0, 0.05) is 12.1 Å². The average molecular weight is 359 g/mol. The van der Waals surface area contributed by atoms with Gasteiger partial charge in [-0.05, 0) is 41.6 Å². The lowest BCUT2D eigenvalue weighted by atomic mass is 9.84. The maximum Gasteiger partial charge on any atom is 0.348 e. The van der Waals surface area contributed by atoms with Gasteiger partial charge >= 0.3 is 5.97 Å². The summed E-state index contributed by atoms with van der Waals surface area (Å²) in [6.45, 7) is 0. The minimum absolute atomic E-state index is 0.426. The molecule has 1 aliphatic carbocycles. The smallest absolute Gasteiger partial charge is 0.348 e. The van der Waals surface area contributed by atoms with Gasteiger partial charge in [0.2, 0.25) is 5.60 Å². The summed E-state index contributed by atoms with van der Waals surface area (Å²) in [7, 11) is 3.08. The zero-order valence-electron chi connectivity index (χ0n) is 12.1. The van der Waals surface area contributed by atoms with E-state index in [0.29, 0.717) is 34.6 Å². The second-order valence-electron chi connectivity index (χ2n) is 5.10. The minimum Gasteiger partial charge on any atom is -0.496 e. The molecule has 1 saturated carbocycles. The van der Waals surface area contributed by atoms with E-state index in [9.17, 15) is 9.90 Å². The molecule has 116 valence electrons. The van der Waals surface area contributed by atoms with Crippen LogP contribution >= 0.6 is 15.9 Å². The third kappa shape index (κ3) is 3.26. The van der Waals surface area contributed by atoms with E-state index < -0.39 is 11.6 Å². The SMILES string of the molecule is COc1cc(OC)c(Br)c(OC2(C(=O)O)CCCCC2)c1. The van der Waals surface area contributed by atoms with Gasteiger partial charge in [-0.15, -0.1) is 0 Å². The standard InChI is InChI=1S/C15H19BrO5/c1-19-10-8-11(20-2)13(16)12(9-10)21-15(14(17)18)6-4-3-5-7-15/h8-9H,3-7H2,1-2H3,(H,17,18). The summed E-state index contributed by atoms with van der Waals surface area (Å²) in [6, 6.07) is 3.39. The quantitative estimate of drug-likeness (QED) is 0.870. The van der Waals surface area contributed by atoms with Crippen molar-refractivity contribution in [3.8, 4) is 17.2 Å². The molecule has 0 heterocycles. The number of carboxylic acids is 1. The molecule has 1 aromatic rings. The van der Waals surface area contributed by atoms with Gasteiger partial charge in [0.25, 0.3) is 0 Å². The summed E-state index contributed by atoms with van der Waals surface area (Å²) >= 11 is 3.41. The first-order valence-electron chi connectivity index (χ1n) is 6.86. The van der Waals surface area contributed by atoms with Crippen molar-refractivity contribution < 1.29 is 24.1 Å². The minimum atomic E-state index is -1.17. The number of carboxylic acid groups (broad SMARTS) is 1. The Morgan fingerprint density at radius 2 is 1.76 bits per heavy atom. The number of benzene rings is 1. The molecular weight excluding hydrogens is 340 g/mol. The molecule has 2 rings (SSSR count). The van der Waals surface area contributed by atoms with Crippen LogP contribution < -0.4 is 14.2 Å². The highest BCUT2D eigenvalue weighted by Gasteiger charge is 2.42. The molecule has 0 aromatic heterocycles. The molecule has 0 bridgehead atoms. The molecule has 0 spiro atoms. The first-order chi connectivity index (χ1) is 10.0. The lowest BCUT2D eigenvalue weighted by Gasteiger charge is -2.34. The Labute approximate surface area is 132 Å². The van der Waals surface area contributed by atoms with Crippen LogP contribution in [-0.4, -0.2) is 30.9 Å². The van der Waals surface area contributed by atoms with Crippen LogP contribution in [-0.2, 0) is 4.79 Å². The van der Waals surface area contributed by atoms with E-state index in [1.807, 2.05) is 0 Å². The van der Waals surface area contributed by atoms with Crippen molar-refractivity contribution in [3.63, 3.8) is 0 Å². The van der Waals surface area contributed by atoms with E-state index in [1.54, 1.807) is 19.2 Å². The number of halogens is 1. The van der Waals surface area contributed by atoms with E-state index in [2.05, 4.69) is 15.9 Å². The highest BCUT2D eigenvalue weighted by Crippen LogP contribution is 2.42. The maximum absolute atomic E-state index is 11.7. The first kappa shape index (κ1) is 15.9. The van der Waals surface area contributed by atoms with E-state index in [0.717, 1.165) is 19.3 Å². The first-order valence-corrected chi connectivity index (χ1v) is 7.65. The van der Waals surface area contributed by atoms with E-state index >= 15 is 0 Å². The van der Waals surface area contributed by atoms with Gasteiger partial charge < -0.3 is 19.3 Å². The predicted molar refractivity (Wildman–Crippen MR) is 81.3 cm³/mol. The predicted octanol–water partition coefficient (Wildman–Crippen LogP) is 3.63. The summed E-state index contributed by atoms with van der Waals surface area (Å²) in [5.74, 6) is 0.605. The second kappa shape index (κ2) is 6.56. The van der Waals surface area contributed by atoms with Crippen molar-refractivity contribution in [2.24, 2.45) is 0 Å². The topological polar surface area (TPSA) is 65.0 Å². The van der Waals surface area contributed by atoms with Crippen molar-refractivity contribution in [2.75, 3.05) is 14.2 Å². The number of hydrogen-bond acceptors (Lipinski definition) is 4. The molecule has 5 nitrogen and oxygen atoms in total. The van der Waals surface area contributed by atoms with Crippen molar-refractivity contribution >= 4 is 21.9 Å². The van der Waals surface area contributed by atoms with Gasteiger partial charge in [0.1, 0.15) is 21.7 Å². The summed E-state index contributed by atoms with van der Waals surface area (Å²) in [5, 5.41) is 9.59. The largest absolute Gasteiger partial charge is 0.496 e. The van der Waals surface area contributed by atoms with Crippen molar-refractivity contribution in [3.05, 3.63) is 16.6 Å². The third-order valence-electron chi connectivity index (χ3n) is 3.79. The van der Waals surface area contributed by atoms with E-state index in [1.165, 1.54) is 7.11 Å². The van der Waals surface area contributed by atoms with E-state index in [4.69, 9.17) is 14.2 Å². The number of carbonyl (C=O) groups is 1. The number of methoxy groups -OCH3 is 2. The lowest BCUT2D eigenvalue weighted by Crippen LogP contribution is -2.46. The summed E-state index contributed by atoms with van der Waals surface area (Å²) < 4.78 is 17.0. The fourth-order valence-electron chi connectivity index (χ4n) is 2.58. The number of rotatable bonds is 5. The molecule has 0 unspecified atom stereocenters. The number of hydrogen-bond donors (Lipinski definition) is 1. The van der Waals surface area contributed by atoms with E-state index in [-0.39, 0.29) is 0 Å². The fourth-order valence-corrected chi connectivity index (χ4v) is 3.05. The normalized spacial score (nSPS) is 17.1. The van der Waals surface area contributed by atoms with Crippen LogP contribution in [0, 0.1) is 0 Å². The highest BCUT2D eigenvalue weighted by atomic mass is 79.9. The van der Waals surface area contributed by atoms with Gasteiger partial charge in [-0.3, -0.25) is 0 Å². The molecule has 1 aromatic carbocycles. The molecule has 0 radical (unpaired) electrons. The second-order valence-corrected chi connectivity index (χ2v) is 5.90. The zero-order valence-corrected chi connectivity index (χ0v) is 13.7. The Morgan fingerprint density at radius 1 is 1.14 bits per heavy atom. The molecule has 21 heavy (non-hydrogen) atoms. The molecule has 1 aliphatic rings. The van der Waals surface area contributed by atoms with Crippen molar-refractivity contribution in [2.45, 2.75) is 37.7 Å². The van der Waals surface area contributed by atoms with Crippen LogP contribution in [0.25, 0.3) is 0 Å². The monoisotopic (exact) mass is 358 g/mol. The van der Waals surface area contributed by atoms with Crippen LogP contribution in [0.15, 0.2) is 16.6 Å². The fraction of sp³-hybridized carbons (Fsp3) is 0.533. The lowest BCUT2D eigenvalue weighted by molar-refractivity contribution is -0.158. The highest BCUT2D eigenvalue weighted by molar-refractivity contribution is 9.10.